The Bertz CT molecular complexity index is 683. The van der Waals surface area contributed by atoms with Gasteiger partial charge in [0, 0.05) is 12.1 Å². The van der Waals surface area contributed by atoms with Gasteiger partial charge in [0.1, 0.15) is 0 Å². The van der Waals surface area contributed by atoms with Crippen molar-refractivity contribution in [1.82, 2.24) is 0 Å². The Hall–Kier alpha value is -2.62. The molecule has 0 saturated carbocycles. The van der Waals surface area contributed by atoms with E-state index < -0.39 is 11.8 Å². The fraction of sp³-hybridized carbons (Fsp3) is 0.300. The van der Waals surface area contributed by atoms with E-state index in [1.54, 1.807) is 0 Å². The Balaban J connectivity index is 2.35. The maximum absolute atomic E-state index is 12.3. The zero-order valence-electron chi connectivity index (χ0n) is 14.1. The molecule has 24 heavy (non-hydrogen) atoms. The minimum Gasteiger partial charge on any atom is -0.361 e. The number of carbonyl (C=O) groups is 2. The quantitative estimate of drug-likeness (QED) is 0.623. The normalized spacial score (nSPS) is 10.4. The first-order chi connectivity index (χ1) is 11.6. The molecular weight excluding hydrogens is 300 g/mol. The van der Waals surface area contributed by atoms with Crippen LogP contribution in [-0.4, -0.2) is 18.4 Å². The standard InChI is InChI=1S/C20H24N2O2/c1-2-3-4-10-15-22(20(24)19(21)23)18-14-9-8-13-17(18)16-11-6-5-7-12-16/h5-9,11-14H,2-4,10,15H2,1H3,(H2,21,23). The molecule has 2 aromatic carbocycles. The molecule has 0 saturated heterocycles. The molecule has 4 nitrogen and oxygen atoms in total. The SMILES string of the molecule is CCCCCCN(C(=O)C(N)=O)c1ccccc1-c1ccccc1. The van der Waals surface area contributed by atoms with Gasteiger partial charge in [-0.1, -0.05) is 74.7 Å². The van der Waals surface area contributed by atoms with Gasteiger partial charge in [-0.2, -0.15) is 0 Å². The van der Waals surface area contributed by atoms with Crippen LogP contribution < -0.4 is 10.6 Å². The molecule has 2 aromatic rings. The molecule has 0 fully saturated rings. The van der Waals surface area contributed by atoms with E-state index in [1.807, 2.05) is 54.6 Å². The summed E-state index contributed by atoms with van der Waals surface area (Å²) in [5.41, 5.74) is 7.91. The number of anilines is 1. The predicted octanol–water partition coefficient (Wildman–Crippen LogP) is 3.75. The molecule has 2 amide bonds. The fourth-order valence-electron chi connectivity index (χ4n) is 2.73. The molecule has 4 heteroatoms. The molecule has 0 spiro atoms. The molecular formula is C20H24N2O2. The van der Waals surface area contributed by atoms with Gasteiger partial charge in [-0.15, -0.1) is 0 Å². The van der Waals surface area contributed by atoms with Crippen LogP contribution in [0, 0.1) is 0 Å². The summed E-state index contributed by atoms with van der Waals surface area (Å²) < 4.78 is 0. The number of nitrogens with zero attached hydrogens (tertiary/aromatic N) is 1. The smallest absolute Gasteiger partial charge is 0.316 e. The number of nitrogens with two attached hydrogens (primary N) is 1. The minimum absolute atomic E-state index is 0.492. The summed E-state index contributed by atoms with van der Waals surface area (Å²) in [6, 6.07) is 17.4. The molecule has 0 radical (unpaired) electrons. The molecule has 0 unspecified atom stereocenters. The van der Waals surface area contributed by atoms with Crippen molar-refractivity contribution in [2.45, 2.75) is 32.6 Å². The lowest BCUT2D eigenvalue weighted by Crippen LogP contribution is -2.41. The third-order valence-corrected chi connectivity index (χ3v) is 3.97. The summed E-state index contributed by atoms with van der Waals surface area (Å²) >= 11 is 0. The average Bonchev–Trinajstić information content (AvgIpc) is 2.62. The highest BCUT2D eigenvalue weighted by molar-refractivity contribution is 6.40. The van der Waals surface area contributed by atoms with Crippen LogP contribution in [0.4, 0.5) is 5.69 Å². The first-order valence-electron chi connectivity index (χ1n) is 8.41. The number of primary amides is 1. The third kappa shape index (κ3) is 4.44. The van der Waals surface area contributed by atoms with Crippen LogP contribution in [0.1, 0.15) is 32.6 Å². The summed E-state index contributed by atoms with van der Waals surface area (Å²) in [5.74, 6) is -1.58. The largest absolute Gasteiger partial charge is 0.361 e. The summed E-state index contributed by atoms with van der Waals surface area (Å²) in [6.07, 6.45) is 4.09. The lowest BCUT2D eigenvalue weighted by atomic mass is 10.0. The van der Waals surface area contributed by atoms with Gasteiger partial charge < -0.3 is 10.6 Å². The number of hydrogen-bond donors (Lipinski definition) is 1. The van der Waals surface area contributed by atoms with Crippen LogP contribution in [-0.2, 0) is 9.59 Å². The van der Waals surface area contributed by atoms with Crippen LogP contribution in [0.15, 0.2) is 54.6 Å². The Kier molecular flexibility index (Phi) is 6.55. The Morgan fingerprint density at radius 2 is 1.58 bits per heavy atom. The lowest BCUT2D eigenvalue weighted by molar-refractivity contribution is -0.135. The highest BCUT2D eigenvalue weighted by atomic mass is 16.2. The van der Waals surface area contributed by atoms with Crippen molar-refractivity contribution in [3.63, 3.8) is 0 Å². The highest BCUT2D eigenvalue weighted by Gasteiger charge is 2.22. The van der Waals surface area contributed by atoms with Crippen LogP contribution in [0.2, 0.25) is 0 Å². The molecule has 0 aromatic heterocycles. The van der Waals surface area contributed by atoms with E-state index in [-0.39, 0.29) is 0 Å². The van der Waals surface area contributed by atoms with Crippen molar-refractivity contribution in [1.29, 1.82) is 0 Å². The third-order valence-electron chi connectivity index (χ3n) is 3.97. The van der Waals surface area contributed by atoms with Gasteiger partial charge in [-0.3, -0.25) is 9.59 Å². The molecule has 0 heterocycles. The molecule has 0 aliphatic heterocycles. The second-order valence-corrected chi connectivity index (χ2v) is 5.76. The van der Waals surface area contributed by atoms with E-state index in [9.17, 15) is 9.59 Å². The first-order valence-corrected chi connectivity index (χ1v) is 8.41. The van der Waals surface area contributed by atoms with Crippen molar-refractivity contribution in [3.05, 3.63) is 54.6 Å². The number of unbranched alkanes of at least 4 members (excludes halogenated alkanes) is 3. The van der Waals surface area contributed by atoms with Gasteiger partial charge in [0.05, 0.1) is 5.69 Å². The zero-order chi connectivity index (χ0) is 17.4. The Morgan fingerprint density at radius 1 is 0.917 bits per heavy atom. The summed E-state index contributed by atoms with van der Waals surface area (Å²) in [5, 5.41) is 0. The van der Waals surface area contributed by atoms with Crippen molar-refractivity contribution in [2.24, 2.45) is 5.73 Å². The van der Waals surface area contributed by atoms with Crippen LogP contribution in [0.3, 0.4) is 0 Å². The van der Waals surface area contributed by atoms with Gasteiger partial charge in [-0.25, -0.2) is 0 Å². The second kappa shape index (κ2) is 8.87. The first kappa shape index (κ1) is 17.7. The van der Waals surface area contributed by atoms with Crippen molar-refractivity contribution in [3.8, 4) is 11.1 Å². The van der Waals surface area contributed by atoms with Gasteiger partial charge in [0.2, 0.25) is 0 Å². The maximum atomic E-state index is 12.3. The summed E-state index contributed by atoms with van der Waals surface area (Å²) in [4.78, 5) is 25.3. The summed E-state index contributed by atoms with van der Waals surface area (Å²) in [7, 11) is 0. The van der Waals surface area contributed by atoms with Gasteiger partial charge in [-0.05, 0) is 18.1 Å². The van der Waals surface area contributed by atoms with E-state index in [0.29, 0.717) is 6.54 Å². The molecule has 2 N–H and O–H groups in total. The molecule has 126 valence electrons. The number of rotatable bonds is 7. The molecule has 2 rings (SSSR count). The number of para-hydroxylation sites is 1. The van der Waals surface area contributed by atoms with Crippen molar-refractivity contribution in [2.75, 3.05) is 11.4 Å². The van der Waals surface area contributed by atoms with Gasteiger partial charge in [0.25, 0.3) is 0 Å². The molecule has 0 bridgehead atoms. The fourth-order valence-corrected chi connectivity index (χ4v) is 2.73. The highest BCUT2D eigenvalue weighted by Crippen LogP contribution is 2.31. The zero-order valence-corrected chi connectivity index (χ0v) is 14.1. The van der Waals surface area contributed by atoms with Gasteiger partial charge in [0.15, 0.2) is 0 Å². The monoisotopic (exact) mass is 324 g/mol. The molecule has 0 atom stereocenters. The van der Waals surface area contributed by atoms with Crippen molar-refractivity contribution >= 4 is 17.5 Å². The van der Waals surface area contributed by atoms with E-state index in [2.05, 4.69) is 6.92 Å². The Labute approximate surface area is 143 Å². The number of carbonyl (C=O) groups excluding carboxylic acids is 2. The number of hydrogen-bond acceptors (Lipinski definition) is 2. The minimum atomic E-state index is -0.923. The van der Waals surface area contributed by atoms with E-state index in [4.69, 9.17) is 5.73 Å². The van der Waals surface area contributed by atoms with Crippen LogP contribution >= 0.6 is 0 Å². The van der Waals surface area contributed by atoms with E-state index in [1.165, 1.54) is 4.90 Å². The van der Waals surface area contributed by atoms with Crippen LogP contribution in [0.25, 0.3) is 11.1 Å². The molecule has 0 aliphatic carbocycles. The van der Waals surface area contributed by atoms with E-state index in [0.717, 1.165) is 42.5 Å². The van der Waals surface area contributed by atoms with Crippen LogP contribution in [0.5, 0.6) is 0 Å². The topological polar surface area (TPSA) is 63.4 Å². The number of benzene rings is 2. The lowest BCUT2D eigenvalue weighted by Gasteiger charge is -2.24. The predicted molar refractivity (Wildman–Crippen MR) is 97.6 cm³/mol. The molecule has 0 aliphatic rings. The second-order valence-electron chi connectivity index (χ2n) is 5.76. The van der Waals surface area contributed by atoms with E-state index >= 15 is 0 Å². The maximum Gasteiger partial charge on any atom is 0.316 e. The van der Waals surface area contributed by atoms with Crippen molar-refractivity contribution < 1.29 is 9.59 Å². The van der Waals surface area contributed by atoms with Gasteiger partial charge >= 0.3 is 11.8 Å². The Morgan fingerprint density at radius 3 is 2.25 bits per heavy atom. The summed E-state index contributed by atoms with van der Waals surface area (Å²) in [6.45, 7) is 2.63. The number of amides is 2. The average molecular weight is 324 g/mol.